The van der Waals surface area contributed by atoms with Crippen molar-refractivity contribution in [3.63, 3.8) is 0 Å². The Labute approximate surface area is 109 Å². The van der Waals surface area contributed by atoms with Crippen molar-refractivity contribution in [2.24, 2.45) is 7.05 Å². The van der Waals surface area contributed by atoms with Gasteiger partial charge < -0.3 is 10.8 Å². The average Bonchev–Trinajstić information content (AvgIpc) is 2.78. The van der Waals surface area contributed by atoms with E-state index < -0.39 is 0 Å². The van der Waals surface area contributed by atoms with Gasteiger partial charge in [0.1, 0.15) is 17.8 Å². The third-order valence-corrected chi connectivity index (χ3v) is 3.09. The first-order valence-electron chi connectivity index (χ1n) is 5.84. The van der Waals surface area contributed by atoms with Gasteiger partial charge in [-0.1, -0.05) is 24.3 Å². The molecule has 0 aliphatic heterocycles. The van der Waals surface area contributed by atoms with Gasteiger partial charge in [-0.05, 0) is 5.56 Å². The Balaban J connectivity index is 2.37. The second-order valence-electron chi connectivity index (χ2n) is 4.24. The quantitative estimate of drug-likeness (QED) is 0.715. The molecule has 0 saturated carbocycles. The van der Waals surface area contributed by atoms with Gasteiger partial charge in [0.2, 0.25) is 0 Å². The summed E-state index contributed by atoms with van der Waals surface area (Å²) in [6.45, 7) is -0.0537. The zero-order valence-corrected chi connectivity index (χ0v) is 10.4. The number of aliphatic hydroxyl groups is 1. The van der Waals surface area contributed by atoms with E-state index in [2.05, 4.69) is 15.1 Å². The van der Waals surface area contributed by atoms with Gasteiger partial charge in [0.25, 0.3) is 0 Å². The maximum absolute atomic E-state index is 9.43. The maximum atomic E-state index is 9.43. The van der Waals surface area contributed by atoms with Crippen LogP contribution in [0.3, 0.4) is 0 Å². The summed E-state index contributed by atoms with van der Waals surface area (Å²) in [6, 6.07) is 7.53. The SMILES string of the molecule is Cn1nc(-c2ccccc2CO)c2c(N)ncnc21. The number of hydrogen-bond acceptors (Lipinski definition) is 5. The van der Waals surface area contributed by atoms with E-state index >= 15 is 0 Å². The summed E-state index contributed by atoms with van der Waals surface area (Å²) in [5.74, 6) is 0.390. The first-order chi connectivity index (χ1) is 9.22. The van der Waals surface area contributed by atoms with Crippen molar-refractivity contribution < 1.29 is 5.11 Å². The van der Waals surface area contributed by atoms with Crippen LogP contribution in [0.2, 0.25) is 0 Å². The fourth-order valence-electron chi connectivity index (χ4n) is 2.19. The lowest BCUT2D eigenvalue weighted by molar-refractivity contribution is 0.282. The number of nitrogen functional groups attached to an aromatic ring is 1. The molecule has 1 aromatic carbocycles. The molecule has 3 N–H and O–H groups in total. The molecule has 6 nitrogen and oxygen atoms in total. The number of benzene rings is 1. The second-order valence-corrected chi connectivity index (χ2v) is 4.24. The van der Waals surface area contributed by atoms with Crippen molar-refractivity contribution in [2.45, 2.75) is 6.61 Å². The zero-order chi connectivity index (χ0) is 13.4. The van der Waals surface area contributed by atoms with Crippen LogP contribution < -0.4 is 5.73 Å². The minimum absolute atomic E-state index is 0.0537. The number of fused-ring (bicyclic) bond motifs is 1. The smallest absolute Gasteiger partial charge is 0.163 e. The molecule has 3 aromatic rings. The van der Waals surface area contributed by atoms with Gasteiger partial charge in [-0.25, -0.2) is 14.6 Å². The highest BCUT2D eigenvalue weighted by Gasteiger charge is 2.16. The van der Waals surface area contributed by atoms with Crippen LogP contribution in [0.15, 0.2) is 30.6 Å². The van der Waals surface area contributed by atoms with Crippen LogP contribution in [-0.2, 0) is 13.7 Å². The molecule has 0 bridgehead atoms. The van der Waals surface area contributed by atoms with Crippen molar-refractivity contribution in [3.8, 4) is 11.3 Å². The Kier molecular flexibility index (Phi) is 2.64. The monoisotopic (exact) mass is 255 g/mol. The van der Waals surface area contributed by atoms with Crippen LogP contribution >= 0.6 is 0 Å². The van der Waals surface area contributed by atoms with Crippen molar-refractivity contribution in [3.05, 3.63) is 36.2 Å². The number of aliphatic hydroxyl groups excluding tert-OH is 1. The van der Waals surface area contributed by atoms with Crippen molar-refractivity contribution in [2.75, 3.05) is 5.73 Å². The first kappa shape index (κ1) is 11.6. The molecule has 96 valence electrons. The van der Waals surface area contributed by atoms with Gasteiger partial charge in [0, 0.05) is 12.6 Å². The molecule has 0 unspecified atom stereocenters. The van der Waals surface area contributed by atoms with Crippen LogP contribution in [0, 0.1) is 0 Å². The normalized spacial score (nSPS) is 11.1. The minimum atomic E-state index is -0.0537. The third kappa shape index (κ3) is 1.73. The summed E-state index contributed by atoms with van der Waals surface area (Å²) in [5, 5.41) is 14.6. The number of anilines is 1. The van der Waals surface area contributed by atoms with E-state index in [0.29, 0.717) is 22.5 Å². The number of nitrogens with two attached hydrogens (primary N) is 1. The fourth-order valence-corrected chi connectivity index (χ4v) is 2.19. The van der Waals surface area contributed by atoms with Gasteiger partial charge in [-0.15, -0.1) is 0 Å². The molecule has 0 spiro atoms. The zero-order valence-electron chi connectivity index (χ0n) is 10.4. The van der Waals surface area contributed by atoms with Crippen molar-refractivity contribution in [1.82, 2.24) is 19.7 Å². The van der Waals surface area contributed by atoms with Crippen LogP contribution in [-0.4, -0.2) is 24.9 Å². The molecule has 0 amide bonds. The van der Waals surface area contributed by atoms with E-state index in [1.54, 1.807) is 11.7 Å². The lowest BCUT2D eigenvalue weighted by atomic mass is 10.0. The molecule has 0 aliphatic rings. The van der Waals surface area contributed by atoms with Gasteiger partial charge in [0.15, 0.2) is 5.65 Å². The van der Waals surface area contributed by atoms with Gasteiger partial charge in [0.05, 0.1) is 12.0 Å². The highest BCUT2D eigenvalue weighted by atomic mass is 16.3. The van der Waals surface area contributed by atoms with E-state index in [9.17, 15) is 5.11 Å². The highest BCUT2D eigenvalue weighted by molar-refractivity contribution is 5.98. The Hall–Kier alpha value is -2.47. The average molecular weight is 255 g/mol. The summed E-state index contributed by atoms with van der Waals surface area (Å²) >= 11 is 0. The summed E-state index contributed by atoms with van der Waals surface area (Å²) in [4.78, 5) is 8.20. The molecule has 2 heterocycles. The lowest BCUT2D eigenvalue weighted by Gasteiger charge is -2.04. The maximum Gasteiger partial charge on any atom is 0.163 e. The number of rotatable bonds is 2. The molecule has 6 heteroatoms. The molecular formula is C13H13N5O. The van der Waals surface area contributed by atoms with E-state index in [4.69, 9.17) is 5.73 Å². The number of aryl methyl sites for hydroxylation is 1. The molecule has 3 rings (SSSR count). The second kappa shape index (κ2) is 4.33. The number of hydrogen-bond donors (Lipinski definition) is 2. The van der Waals surface area contributed by atoms with Crippen LogP contribution in [0.25, 0.3) is 22.3 Å². The summed E-state index contributed by atoms with van der Waals surface area (Å²) in [7, 11) is 1.81. The molecule has 19 heavy (non-hydrogen) atoms. The largest absolute Gasteiger partial charge is 0.392 e. The topological polar surface area (TPSA) is 89.8 Å². The number of aromatic nitrogens is 4. The molecule has 2 aromatic heterocycles. The minimum Gasteiger partial charge on any atom is -0.392 e. The Morgan fingerprint density at radius 2 is 2.05 bits per heavy atom. The Morgan fingerprint density at radius 3 is 2.84 bits per heavy atom. The van der Waals surface area contributed by atoms with Crippen LogP contribution in [0.1, 0.15) is 5.56 Å². The predicted molar refractivity (Wildman–Crippen MR) is 72.1 cm³/mol. The third-order valence-electron chi connectivity index (χ3n) is 3.09. The molecule has 0 aliphatic carbocycles. The Morgan fingerprint density at radius 1 is 1.26 bits per heavy atom. The van der Waals surface area contributed by atoms with E-state index in [0.717, 1.165) is 11.1 Å². The highest BCUT2D eigenvalue weighted by Crippen LogP contribution is 2.31. The van der Waals surface area contributed by atoms with E-state index in [1.807, 2.05) is 24.3 Å². The van der Waals surface area contributed by atoms with E-state index in [-0.39, 0.29) is 6.61 Å². The van der Waals surface area contributed by atoms with E-state index in [1.165, 1.54) is 6.33 Å². The molecule has 0 saturated heterocycles. The van der Waals surface area contributed by atoms with Crippen LogP contribution in [0.5, 0.6) is 0 Å². The van der Waals surface area contributed by atoms with Crippen LogP contribution in [0.4, 0.5) is 5.82 Å². The Bertz CT molecular complexity index is 750. The molecular weight excluding hydrogens is 242 g/mol. The molecule has 0 radical (unpaired) electrons. The van der Waals surface area contributed by atoms with Crippen molar-refractivity contribution in [1.29, 1.82) is 0 Å². The standard InChI is InChI=1S/C13H13N5O/c1-18-13-10(12(14)15-7-16-13)11(17-18)9-5-3-2-4-8(9)6-19/h2-5,7,19H,6H2,1H3,(H2,14,15,16). The van der Waals surface area contributed by atoms with Crippen molar-refractivity contribution >= 4 is 16.9 Å². The first-order valence-corrected chi connectivity index (χ1v) is 5.84. The molecule has 0 atom stereocenters. The molecule has 0 fully saturated rings. The summed E-state index contributed by atoms with van der Waals surface area (Å²) in [5.41, 5.74) is 8.94. The van der Waals surface area contributed by atoms with Gasteiger partial charge >= 0.3 is 0 Å². The summed E-state index contributed by atoms with van der Waals surface area (Å²) < 4.78 is 1.66. The predicted octanol–water partition coefficient (Wildman–Crippen LogP) is 1.10. The summed E-state index contributed by atoms with van der Waals surface area (Å²) in [6.07, 6.45) is 1.42. The fraction of sp³-hybridized carbons (Fsp3) is 0.154. The van der Waals surface area contributed by atoms with Gasteiger partial charge in [-0.2, -0.15) is 5.10 Å². The lowest BCUT2D eigenvalue weighted by Crippen LogP contribution is -1.95. The van der Waals surface area contributed by atoms with Gasteiger partial charge in [-0.3, -0.25) is 0 Å². The number of nitrogens with zero attached hydrogens (tertiary/aromatic N) is 4.